The fraction of sp³-hybridized carbons (Fsp3) is 0.833. The number of likely N-dealkylation sites (N-methyl/N-ethyl adjacent to an activating group) is 1. The van der Waals surface area contributed by atoms with Crippen LogP contribution in [0.1, 0.15) is 25.7 Å². The van der Waals surface area contributed by atoms with Gasteiger partial charge in [0, 0.05) is 7.05 Å². The molecule has 0 aromatic rings. The van der Waals surface area contributed by atoms with Gasteiger partial charge < -0.3 is 5.32 Å². The molecule has 2 saturated heterocycles. The van der Waals surface area contributed by atoms with Crippen LogP contribution in [0.3, 0.4) is 0 Å². The highest BCUT2D eigenvalue weighted by Gasteiger charge is 2.38. The van der Waals surface area contributed by atoms with E-state index in [1.54, 1.807) is 0 Å². The third-order valence-corrected chi connectivity index (χ3v) is 5.37. The lowest BCUT2D eigenvalue weighted by atomic mass is 9.96. The van der Waals surface area contributed by atoms with E-state index in [2.05, 4.69) is 10.0 Å². The van der Waals surface area contributed by atoms with Crippen molar-refractivity contribution in [3.05, 3.63) is 0 Å². The van der Waals surface area contributed by atoms with E-state index >= 15 is 0 Å². The van der Waals surface area contributed by atoms with Crippen molar-refractivity contribution < 1.29 is 18.0 Å². The average molecular weight is 303 g/mol. The molecular formula is C12H21N3O4S. The van der Waals surface area contributed by atoms with Gasteiger partial charge in [0.1, 0.15) is 6.04 Å². The molecule has 1 atom stereocenters. The monoisotopic (exact) mass is 303 g/mol. The van der Waals surface area contributed by atoms with Gasteiger partial charge in [-0.1, -0.05) is 0 Å². The Hall–Kier alpha value is -0.990. The maximum absolute atomic E-state index is 12.0. The number of likely N-dealkylation sites (tertiary alicyclic amines) is 1. The Morgan fingerprint density at radius 2 is 1.95 bits per heavy atom. The Labute approximate surface area is 119 Å². The van der Waals surface area contributed by atoms with Gasteiger partial charge in [0.05, 0.1) is 12.2 Å². The lowest BCUT2D eigenvalue weighted by molar-refractivity contribution is -0.137. The number of nitrogens with zero attached hydrogens (tertiary/aromatic N) is 1. The highest BCUT2D eigenvalue weighted by molar-refractivity contribution is 7.89. The summed E-state index contributed by atoms with van der Waals surface area (Å²) in [7, 11) is -2.15. The molecule has 2 rings (SSSR count). The van der Waals surface area contributed by atoms with Gasteiger partial charge in [0.2, 0.25) is 21.8 Å². The lowest BCUT2D eigenvalue weighted by Gasteiger charge is -2.22. The number of sulfonamides is 1. The summed E-state index contributed by atoms with van der Waals surface area (Å²) >= 11 is 0. The second-order valence-electron chi connectivity index (χ2n) is 5.47. The molecule has 0 aromatic heterocycles. The van der Waals surface area contributed by atoms with Gasteiger partial charge >= 0.3 is 0 Å². The average Bonchev–Trinajstić information content (AvgIpc) is 2.65. The third kappa shape index (κ3) is 3.77. The minimum absolute atomic E-state index is 0.0132. The summed E-state index contributed by atoms with van der Waals surface area (Å²) < 4.78 is 26.3. The van der Waals surface area contributed by atoms with Gasteiger partial charge in [0.15, 0.2) is 0 Å². The summed E-state index contributed by atoms with van der Waals surface area (Å²) in [5, 5.41) is 3.23. The maximum atomic E-state index is 12.0. The largest absolute Gasteiger partial charge is 0.317 e. The summed E-state index contributed by atoms with van der Waals surface area (Å²) in [6.07, 6.45) is 2.49. The van der Waals surface area contributed by atoms with Crippen molar-refractivity contribution >= 4 is 21.8 Å². The van der Waals surface area contributed by atoms with E-state index in [9.17, 15) is 18.0 Å². The minimum Gasteiger partial charge on any atom is -0.317 e. The van der Waals surface area contributed by atoms with Crippen LogP contribution < -0.4 is 10.0 Å². The Kier molecular flexibility index (Phi) is 4.77. The fourth-order valence-electron chi connectivity index (χ4n) is 2.62. The molecule has 2 aliphatic heterocycles. The molecule has 114 valence electrons. The van der Waals surface area contributed by atoms with Gasteiger partial charge in [-0.3, -0.25) is 14.5 Å². The Morgan fingerprint density at radius 3 is 2.50 bits per heavy atom. The van der Waals surface area contributed by atoms with Crippen LogP contribution in [0.2, 0.25) is 0 Å². The van der Waals surface area contributed by atoms with E-state index in [1.165, 1.54) is 7.05 Å². The predicted octanol–water partition coefficient (Wildman–Crippen LogP) is -0.947. The van der Waals surface area contributed by atoms with Crippen molar-refractivity contribution in [2.75, 3.05) is 25.9 Å². The van der Waals surface area contributed by atoms with Gasteiger partial charge in [-0.05, 0) is 38.3 Å². The van der Waals surface area contributed by atoms with Gasteiger partial charge in [-0.25, -0.2) is 13.1 Å². The van der Waals surface area contributed by atoms with Crippen molar-refractivity contribution in [2.24, 2.45) is 5.92 Å². The SMILES string of the molecule is CN1C(=O)CC(NS(=O)(=O)CCC2CCNCC2)C1=O. The molecule has 8 heteroatoms. The van der Waals surface area contributed by atoms with E-state index in [-0.39, 0.29) is 18.1 Å². The van der Waals surface area contributed by atoms with Crippen LogP contribution in [0.15, 0.2) is 0 Å². The number of carbonyl (C=O) groups excluding carboxylic acids is 2. The molecule has 0 aliphatic carbocycles. The Bertz CT molecular complexity index is 485. The zero-order valence-electron chi connectivity index (χ0n) is 11.6. The van der Waals surface area contributed by atoms with Crippen molar-refractivity contribution in [3.8, 4) is 0 Å². The summed E-state index contributed by atoms with van der Waals surface area (Å²) in [6, 6.07) is -0.925. The van der Waals surface area contributed by atoms with Crippen LogP contribution in [0.5, 0.6) is 0 Å². The highest BCUT2D eigenvalue weighted by atomic mass is 32.2. The number of rotatable bonds is 5. The number of imide groups is 1. The molecule has 1 unspecified atom stereocenters. The summed E-state index contributed by atoms with van der Waals surface area (Å²) in [4.78, 5) is 24.0. The molecule has 0 bridgehead atoms. The highest BCUT2D eigenvalue weighted by Crippen LogP contribution is 2.17. The standard InChI is InChI=1S/C12H21N3O4S/c1-15-11(16)8-10(12(15)17)14-20(18,19)7-4-9-2-5-13-6-3-9/h9-10,13-14H,2-8H2,1H3. The quantitative estimate of drug-likeness (QED) is 0.639. The Morgan fingerprint density at radius 1 is 1.30 bits per heavy atom. The molecular weight excluding hydrogens is 282 g/mol. The molecule has 2 amide bonds. The van der Waals surface area contributed by atoms with Gasteiger partial charge in [-0.2, -0.15) is 0 Å². The first-order valence-electron chi connectivity index (χ1n) is 6.90. The van der Waals surface area contributed by atoms with Gasteiger partial charge in [-0.15, -0.1) is 0 Å². The third-order valence-electron chi connectivity index (χ3n) is 3.96. The molecule has 0 spiro atoms. The number of hydrogen-bond acceptors (Lipinski definition) is 5. The van der Waals surface area contributed by atoms with Crippen molar-refractivity contribution in [2.45, 2.75) is 31.7 Å². The van der Waals surface area contributed by atoms with Crippen LogP contribution in [-0.4, -0.2) is 57.1 Å². The van der Waals surface area contributed by atoms with Crippen LogP contribution in [0, 0.1) is 5.92 Å². The predicted molar refractivity (Wildman–Crippen MR) is 73.3 cm³/mol. The zero-order chi connectivity index (χ0) is 14.8. The number of amides is 2. The first-order chi connectivity index (χ1) is 9.39. The van der Waals surface area contributed by atoms with Crippen LogP contribution in [-0.2, 0) is 19.6 Å². The Balaban J connectivity index is 1.84. The first-order valence-corrected chi connectivity index (χ1v) is 8.55. The fourth-order valence-corrected chi connectivity index (χ4v) is 3.99. The molecule has 0 radical (unpaired) electrons. The van der Waals surface area contributed by atoms with E-state index in [0.29, 0.717) is 12.3 Å². The number of carbonyl (C=O) groups is 2. The molecule has 7 nitrogen and oxygen atoms in total. The number of piperidine rings is 1. The van der Waals surface area contributed by atoms with E-state index in [4.69, 9.17) is 0 Å². The van der Waals surface area contributed by atoms with Crippen LogP contribution in [0.25, 0.3) is 0 Å². The molecule has 20 heavy (non-hydrogen) atoms. The van der Waals surface area contributed by atoms with Crippen LogP contribution in [0.4, 0.5) is 0 Å². The molecule has 2 fully saturated rings. The van der Waals surface area contributed by atoms with Gasteiger partial charge in [0.25, 0.3) is 0 Å². The van der Waals surface area contributed by atoms with Crippen LogP contribution >= 0.6 is 0 Å². The summed E-state index contributed by atoms with van der Waals surface area (Å²) in [5.41, 5.74) is 0. The summed E-state index contributed by atoms with van der Waals surface area (Å²) in [6.45, 7) is 1.86. The molecule has 2 aliphatic rings. The lowest BCUT2D eigenvalue weighted by Crippen LogP contribution is -2.42. The second kappa shape index (κ2) is 6.19. The maximum Gasteiger partial charge on any atom is 0.247 e. The molecule has 0 aromatic carbocycles. The van der Waals surface area contributed by atoms with E-state index in [0.717, 1.165) is 30.8 Å². The zero-order valence-corrected chi connectivity index (χ0v) is 12.4. The van der Waals surface area contributed by atoms with Crippen molar-refractivity contribution in [3.63, 3.8) is 0 Å². The topological polar surface area (TPSA) is 95.6 Å². The summed E-state index contributed by atoms with van der Waals surface area (Å²) in [5.74, 6) is -0.391. The first kappa shape index (κ1) is 15.4. The van der Waals surface area contributed by atoms with Crippen molar-refractivity contribution in [1.29, 1.82) is 0 Å². The smallest absolute Gasteiger partial charge is 0.247 e. The molecule has 2 heterocycles. The second-order valence-corrected chi connectivity index (χ2v) is 7.34. The van der Waals surface area contributed by atoms with E-state index < -0.39 is 22.0 Å². The minimum atomic E-state index is -3.51. The normalized spacial score (nSPS) is 25.4. The van der Waals surface area contributed by atoms with Crippen molar-refractivity contribution in [1.82, 2.24) is 14.9 Å². The molecule has 2 N–H and O–H groups in total. The number of hydrogen-bond donors (Lipinski definition) is 2. The van der Waals surface area contributed by atoms with E-state index in [1.807, 2.05) is 0 Å². The molecule has 0 saturated carbocycles. The number of nitrogens with one attached hydrogen (secondary N) is 2.